The number of rotatable bonds is 6. The van der Waals surface area contributed by atoms with Gasteiger partial charge in [0.05, 0.1) is 18.4 Å². The molecule has 5 nitrogen and oxygen atoms in total. The average molecular weight is 333 g/mol. The van der Waals surface area contributed by atoms with Crippen molar-refractivity contribution in [1.82, 2.24) is 15.2 Å². The average Bonchev–Trinajstić information content (AvgIpc) is 2.58. The summed E-state index contributed by atoms with van der Waals surface area (Å²) in [4.78, 5) is 18.8. The molecule has 1 N–H and O–H groups in total. The fourth-order valence-corrected chi connectivity index (χ4v) is 3.28. The van der Waals surface area contributed by atoms with Gasteiger partial charge in [0.15, 0.2) is 0 Å². The van der Waals surface area contributed by atoms with E-state index in [1.54, 1.807) is 6.20 Å². The minimum atomic E-state index is 0.0357. The Morgan fingerprint density at radius 1 is 1.33 bits per heavy atom. The van der Waals surface area contributed by atoms with Gasteiger partial charge in [-0.05, 0) is 36.8 Å². The van der Waals surface area contributed by atoms with E-state index in [9.17, 15) is 4.79 Å². The van der Waals surface area contributed by atoms with Crippen LogP contribution in [0.5, 0.6) is 0 Å². The summed E-state index contributed by atoms with van der Waals surface area (Å²) < 4.78 is 5.97. The monoisotopic (exact) mass is 333 g/mol. The zero-order chi connectivity index (χ0) is 17.5. The highest BCUT2D eigenvalue weighted by Gasteiger charge is 2.27. The molecular weight excluding hydrogens is 302 g/mol. The number of carbonyl (C=O) groups is 1. The van der Waals surface area contributed by atoms with E-state index < -0.39 is 0 Å². The Morgan fingerprint density at radius 2 is 2.08 bits per heavy atom. The number of hydrogen-bond acceptors (Lipinski definition) is 3. The van der Waals surface area contributed by atoms with Crippen molar-refractivity contribution in [2.45, 2.75) is 59.3 Å². The highest BCUT2D eigenvalue weighted by Crippen LogP contribution is 2.17. The van der Waals surface area contributed by atoms with Crippen LogP contribution in [0, 0.1) is 11.8 Å². The second-order valence-electron chi connectivity index (χ2n) is 7.31. The van der Waals surface area contributed by atoms with Gasteiger partial charge in [-0.2, -0.15) is 0 Å². The molecule has 0 aromatic carbocycles. The number of aromatic nitrogens is 1. The molecule has 0 radical (unpaired) electrons. The summed E-state index contributed by atoms with van der Waals surface area (Å²) in [6, 6.07) is 6.06. The standard InChI is InChI=1S/C19H31N3O2/c1-14(2)18(15(3)4)21-19(23)22-11-7-9-17(12-22)24-13-16-8-5-6-10-20-16/h5-6,8,10,14-15,17-18H,7,9,11-13H2,1-4H3,(H,21,23)/t17-/m0/s1. The van der Waals surface area contributed by atoms with Crippen molar-refractivity contribution in [3.8, 4) is 0 Å². The van der Waals surface area contributed by atoms with Gasteiger partial charge in [-0.1, -0.05) is 33.8 Å². The highest BCUT2D eigenvalue weighted by atomic mass is 16.5. The van der Waals surface area contributed by atoms with Crippen LogP contribution in [0.1, 0.15) is 46.2 Å². The maximum atomic E-state index is 12.6. The Morgan fingerprint density at radius 3 is 2.71 bits per heavy atom. The number of ether oxygens (including phenoxy) is 1. The quantitative estimate of drug-likeness (QED) is 0.867. The van der Waals surface area contributed by atoms with Crippen LogP contribution in [-0.2, 0) is 11.3 Å². The number of pyridine rings is 1. The fraction of sp³-hybridized carbons (Fsp3) is 0.684. The van der Waals surface area contributed by atoms with E-state index >= 15 is 0 Å². The Kier molecular flexibility index (Phi) is 7.03. The third kappa shape index (κ3) is 5.48. The maximum absolute atomic E-state index is 12.6. The first-order chi connectivity index (χ1) is 11.5. The zero-order valence-electron chi connectivity index (χ0n) is 15.4. The van der Waals surface area contributed by atoms with Gasteiger partial charge in [-0.25, -0.2) is 4.79 Å². The van der Waals surface area contributed by atoms with Crippen LogP contribution in [-0.4, -0.2) is 41.2 Å². The second kappa shape index (κ2) is 9.02. The van der Waals surface area contributed by atoms with Crippen LogP contribution in [0.25, 0.3) is 0 Å². The lowest BCUT2D eigenvalue weighted by Gasteiger charge is -2.35. The molecule has 5 heteroatoms. The van der Waals surface area contributed by atoms with Gasteiger partial charge in [0, 0.05) is 25.3 Å². The molecule has 0 aliphatic carbocycles. The number of hydrogen-bond donors (Lipinski definition) is 1. The number of nitrogens with one attached hydrogen (secondary N) is 1. The van der Waals surface area contributed by atoms with Crippen LogP contribution in [0.3, 0.4) is 0 Å². The van der Waals surface area contributed by atoms with E-state index in [1.165, 1.54) is 0 Å². The Hall–Kier alpha value is -1.62. The topological polar surface area (TPSA) is 54.5 Å². The van der Waals surface area contributed by atoms with Gasteiger partial charge in [-0.3, -0.25) is 4.98 Å². The van der Waals surface area contributed by atoms with E-state index in [0.717, 1.165) is 25.1 Å². The number of nitrogens with zero attached hydrogens (tertiary/aromatic N) is 2. The van der Waals surface area contributed by atoms with Crippen molar-refractivity contribution in [1.29, 1.82) is 0 Å². The molecule has 1 aromatic heterocycles. The van der Waals surface area contributed by atoms with Crippen LogP contribution < -0.4 is 5.32 Å². The first-order valence-corrected chi connectivity index (χ1v) is 9.04. The van der Waals surface area contributed by atoms with Crippen molar-refractivity contribution in [2.75, 3.05) is 13.1 Å². The summed E-state index contributed by atoms with van der Waals surface area (Å²) in [5, 5.41) is 3.20. The molecule has 0 bridgehead atoms. The highest BCUT2D eigenvalue weighted by molar-refractivity contribution is 5.74. The number of amides is 2. The fourth-order valence-electron chi connectivity index (χ4n) is 3.28. The summed E-state index contributed by atoms with van der Waals surface area (Å²) in [6.45, 7) is 10.6. The third-order valence-corrected chi connectivity index (χ3v) is 4.59. The molecular formula is C19H31N3O2. The van der Waals surface area contributed by atoms with Gasteiger partial charge in [-0.15, -0.1) is 0 Å². The van der Waals surface area contributed by atoms with Crippen LogP contribution in [0.2, 0.25) is 0 Å². The summed E-state index contributed by atoms with van der Waals surface area (Å²) >= 11 is 0. The lowest BCUT2D eigenvalue weighted by atomic mass is 9.93. The SMILES string of the molecule is CC(C)C(NC(=O)N1CCC[C@H](OCc2ccccn2)C1)C(C)C. The molecule has 2 amide bonds. The van der Waals surface area contributed by atoms with Gasteiger partial charge in [0.1, 0.15) is 0 Å². The van der Waals surface area contributed by atoms with Crippen molar-refractivity contribution < 1.29 is 9.53 Å². The van der Waals surface area contributed by atoms with Gasteiger partial charge in [0.2, 0.25) is 0 Å². The minimum absolute atomic E-state index is 0.0357. The van der Waals surface area contributed by atoms with Gasteiger partial charge < -0.3 is 15.0 Å². The van der Waals surface area contributed by atoms with E-state index in [4.69, 9.17) is 4.74 Å². The molecule has 134 valence electrons. The lowest BCUT2D eigenvalue weighted by molar-refractivity contribution is -0.00221. The van der Waals surface area contributed by atoms with Crippen LogP contribution in [0.4, 0.5) is 4.79 Å². The normalized spacial score (nSPS) is 18.5. The van der Waals surface area contributed by atoms with Crippen LogP contribution in [0.15, 0.2) is 24.4 Å². The molecule has 1 aliphatic heterocycles. The molecule has 0 unspecified atom stereocenters. The van der Waals surface area contributed by atoms with E-state index in [1.807, 2.05) is 23.1 Å². The summed E-state index contributed by atoms with van der Waals surface area (Å²) in [5.41, 5.74) is 0.929. The molecule has 2 heterocycles. The molecule has 2 rings (SSSR count). The predicted molar refractivity (Wildman–Crippen MR) is 95.6 cm³/mol. The summed E-state index contributed by atoms with van der Waals surface area (Å²) in [5.74, 6) is 0.852. The van der Waals surface area contributed by atoms with Gasteiger partial charge in [0.25, 0.3) is 0 Å². The first-order valence-electron chi connectivity index (χ1n) is 9.04. The largest absolute Gasteiger partial charge is 0.370 e. The van der Waals surface area contributed by atoms with Gasteiger partial charge >= 0.3 is 6.03 Å². The number of carbonyl (C=O) groups excluding carboxylic acids is 1. The van der Waals surface area contributed by atoms with Crippen molar-refractivity contribution in [3.63, 3.8) is 0 Å². The molecule has 1 saturated heterocycles. The molecule has 24 heavy (non-hydrogen) atoms. The zero-order valence-corrected chi connectivity index (χ0v) is 15.4. The molecule has 0 saturated carbocycles. The van der Waals surface area contributed by atoms with Crippen LogP contribution >= 0.6 is 0 Å². The van der Waals surface area contributed by atoms with Crippen molar-refractivity contribution in [2.24, 2.45) is 11.8 Å². The number of piperidine rings is 1. The minimum Gasteiger partial charge on any atom is -0.370 e. The summed E-state index contributed by atoms with van der Waals surface area (Å²) in [6.07, 6.45) is 3.84. The number of urea groups is 1. The van der Waals surface area contributed by atoms with Crippen molar-refractivity contribution >= 4 is 6.03 Å². The van der Waals surface area contributed by atoms with Crippen molar-refractivity contribution in [3.05, 3.63) is 30.1 Å². The Labute approximate surface area is 145 Å². The second-order valence-corrected chi connectivity index (χ2v) is 7.31. The third-order valence-electron chi connectivity index (χ3n) is 4.59. The van der Waals surface area contributed by atoms with E-state index in [-0.39, 0.29) is 18.2 Å². The molecule has 1 fully saturated rings. The molecule has 0 spiro atoms. The lowest BCUT2D eigenvalue weighted by Crippen LogP contribution is -2.52. The smallest absolute Gasteiger partial charge is 0.317 e. The molecule has 1 aromatic rings. The maximum Gasteiger partial charge on any atom is 0.317 e. The Bertz CT molecular complexity index is 497. The molecule has 1 atom stereocenters. The predicted octanol–water partition coefficient (Wildman–Crippen LogP) is 3.45. The summed E-state index contributed by atoms with van der Waals surface area (Å²) in [7, 11) is 0. The Balaban J connectivity index is 1.84. The first kappa shape index (κ1) is 18.7. The van der Waals surface area contributed by atoms with E-state index in [0.29, 0.717) is 25.0 Å². The number of likely N-dealkylation sites (tertiary alicyclic amines) is 1. The van der Waals surface area contributed by atoms with E-state index in [2.05, 4.69) is 38.0 Å². The molecule has 1 aliphatic rings.